The van der Waals surface area contributed by atoms with Crippen LogP contribution in [-0.2, 0) is 33.2 Å². The predicted molar refractivity (Wildman–Crippen MR) is 162 cm³/mol. The molecule has 17 heteroatoms. The Bertz CT molecular complexity index is 1570. The second kappa shape index (κ2) is 14.0. The number of aliphatic hydroxyl groups excluding tert-OH is 4. The third-order valence-corrected chi connectivity index (χ3v) is 9.52. The monoisotopic (exact) mass is 706 g/mol. The molecule has 50 heavy (non-hydrogen) atoms. The number of fused-ring (bicyclic) bond motifs is 4. The Labute approximate surface area is 285 Å². The van der Waals surface area contributed by atoms with E-state index in [9.17, 15) is 24.9 Å². The van der Waals surface area contributed by atoms with Gasteiger partial charge in [0, 0.05) is 11.8 Å². The molecular formula is C33H38O17. The van der Waals surface area contributed by atoms with Crippen LogP contribution in [0.3, 0.4) is 0 Å². The molecule has 0 radical (unpaired) electrons. The van der Waals surface area contributed by atoms with E-state index in [0.717, 1.165) is 0 Å². The van der Waals surface area contributed by atoms with Crippen molar-refractivity contribution >= 4 is 12.1 Å². The van der Waals surface area contributed by atoms with Crippen molar-refractivity contribution in [2.75, 3.05) is 47.4 Å². The van der Waals surface area contributed by atoms with Crippen LogP contribution >= 0.6 is 0 Å². The smallest absolute Gasteiger partial charge is 0.493 e. The van der Waals surface area contributed by atoms with Gasteiger partial charge in [0.05, 0.1) is 46.1 Å². The van der Waals surface area contributed by atoms with Crippen LogP contribution in [0.2, 0.25) is 0 Å². The van der Waals surface area contributed by atoms with Gasteiger partial charge in [0.25, 0.3) is 0 Å². The second-order valence-corrected chi connectivity index (χ2v) is 12.5. The molecule has 5 aliphatic rings. The molecule has 4 aliphatic heterocycles. The summed E-state index contributed by atoms with van der Waals surface area (Å²) in [5.41, 5.74) is 1.73. The van der Waals surface area contributed by atoms with E-state index < -0.39 is 92.3 Å². The minimum absolute atomic E-state index is 0.0271. The summed E-state index contributed by atoms with van der Waals surface area (Å²) in [6.07, 6.45) is -9.66. The number of hydrogen-bond acceptors (Lipinski definition) is 17. The summed E-state index contributed by atoms with van der Waals surface area (Å²) in [6, 6.07) is 6.68. The molecule has 0 bridgehead atoms. The van der Waals surface area contributed by atoms with Crippen LogP contribution in [0.5, 0.6) is 28.7 Å². The number of rotatable bonds is 9. The van der Waals surface area contributed by atoms with Crippen LogP contribution in [0.4, 0.5) is 4.79 Å². The molecule has 0 aromatic heterocycles. The van der Waals surface area contributed by atoms with Gasteiger partial charge in [0.15, 0.2) is 35.6 Å². The van der Waals surface area contributed by atoms with E-state index >= 15 is 0 Å². The summed E-state index contributed by atoms with van der Waals surface area (Å²) in [5.74, 6) is -1.76. The van der Waals surface area contributed by atoms with Crippen molar-refractivity contribution in [3.63, 3.8) is 0 Å². The maximum absolute atomic E-state index is 13.6. The van der Waals surface area contributed by atoms with Gasteiger partial charge < -0.3 is 72.5 Å². The maximum Gasteiger partial charge on any atom is 0.514 e. The molecule has 0 amide bonds. The van der Waals surface area contributed by atoms with Gasteiger partial charge in [-0.05, 0) is 47.9 Å². The Hall–Kier alpha value is -3.94. The molecule has 1 aliphatic carbocycles. The molecular weight excluding hydrogens is 668 g/mol. The van der Waals surface area contributed by atoms with Gasteiger partial charge in [-0.3, -0.25) is 4.79 Å². The lowest BCUT2D eigenvalue weighted by atomic mass is 9.66. The molecule has 17 nitrogen and oxygen atoms in total. The Kier molecular flexibility index (Phi) is 9.66. The number of benzene rings is 2. The van der Waals surface area contributed by atoms with Crippen LogP contribution in [0.1, 0.15) is 35.6 Å². The summed E-state index contributed by atoms with van der Waals surface area (Å²) < 4.78 is 62.3. The molecule has 4 heterocycles. The molecule has 7 rings (SSSR count). The number of carbonyl (C=O) groups is 2. The van der Waals surface area contributed by atoms with Gasteiger partial charge in [-0.15, -0.1) is 0 Å². The first-order valence-electron chi connectivity index (χ1n) is 16.0. The van der Waals surface area contributed by atoms with Crippen molar-refractivity contribution < 1.29 is 82.1 Å². The summed E-state index contributed by atoms with van der Waals surface area (Å²) in [7, 11) is 2.71. The maximum atomic E-state index is 13.6. The minimum Gasteiger partial charge on any atom is -0.493 e. The van der Waals surface area contributed by atoms with Crippen molar-refractivity contribution in [1.29, 1.82) is 0 Å². The first-order valence-corrected chi connectivity index (χ1v) is 16.0. The number of ether oxygens (including phenoxy) is 11. The van der Waals surface area contributed by atoms with Gasteiger partial charge in [-0.2, -0.15) is 0 Å². The standard InChI is InChI=1S/C33H38O17/c1-13-42-11-23-30(47-13)26(36)27(37)32(48-23)49-28-17-7-20-19(45-12-46-20)6-16(17)24(25-18(28)10-43-31(25)38)14-4-21(40-2)29(22(5-14)41-3)50-33(39)44-9-15(35)8-34/h4-7,13,15,18,23-28,30,32,34-37H,8-12H2,1-3H3/t13-,15?,18?,23-,24-,25+,26-,27-,28?,30-,32+/m1/s1. The number of aliphatic hydroxyl groups is 4. The van der Waals surface area contributed by atoms with Gasteiger partial charge in [-0.25, -0.2) is 4.79 Å². The molecule has 3 saturated heterocycles. The second-order valence-electron chi connectivity index (χ2n) is 12.5. The average molecular weight is 707 g/mol. The third-order valence-electron chi connectivity index (χ3n) is 9.52. The third kappa shape index (κ3) is 6.17. The average Bonchev–Trinajstić information content (AvgIpc) is 3.74. The van der Waals surface area contributed by atoms with E-state index in [-0.39, 0.29) is 37.3 Å². The fourth-order valence-electron chi connectivity index (χ4n) is 7.15. The zero-order valence-corrected chi connectivity index (χ0v) is 27.3. The van der Waals surface area contributed by atoms with Crippen molar-refractivity contribution in [3.8, 4) is 28.7 Å². The fourth-order valence-corrected chi connectivity index (χ4v) is 7.15. The molecule has 2 aromatic rings. The molecule has 2 aromatic carbocycles. The van der Waals surface area contributed by atoms with Crippen LogP contribution in [0.25, 0.3) is 0 Å². The van der Waals surface area contributed by atoms with Gasteiger partial charge in [0.1, 0.15) is 37.1 Å². The highest BCUT2D eigenvalue weighted by Gasteiger charge is 2.56. The normalized spacial score (nSPS) is 33.0. The quantitative estimate of drug-likeness (QED) is 0.206. The Morgan fingerprint density at radius 1 is 0.960 bits per heavy atom. The molecule has 3 unspecified atom stereocenters. The summed E-state index contributed by atoms with van der Waals surface area (Å²) in [6.45, 7) is 0.611. The molecule has 4 N–H and O–H groups in total. The SMILES string of the molecule is COc1cc([C@@H]2c3cc4c(cc3C(O[C@@H]3O[C@@H]5CO[C@@H](C)O[C@H]5[C@H](O)[C@H]3O)C3COC(=O)[C@@H]32)OCO4)cc(OC)c1OC(=O)OCC(O)CO. The summed E-state index contributed by atoms with van der Waals surface area (Å²) in [4.78, 5) is 26.1. The number of cyclic esters (lactones) is 1. The Morgan fingerprint density at radius 2 is 1.66 bits per heavy atom. The first kappa shape index (κ1) is 34.5. The summed E-state index contributed by atoms with van der Waals surface area (Å²) in [5, 5.41) is 40.7. The van der Waals surface area contributed by atoms with E-state index in [0.29, 0.717) is 28.2 Å². The van der Waals surface area contributed by atoms with Crippen LogP contribution in [0, 0.1) is 11.8 Å². The molecule has 272 valence electrons. The van der Waals surface area contributed by atoms with Crippen molar-refractivity contribution in [1.82, 2.24) is 0 Å². The molecule has 3 fully saturated rings. The van der Waals surface area contributed by atoms with E-state index in [4.69, 9.17) is 57.2 Å². The van der Waals surface area contributed by atoms with Gasteiger partial charge in [-0.1, -0.05) is 0 Å². The highest BCUT2D eigenvalue weighted by molar-refractivity contribution is 5.79. The van der Waals surface area contributed by atoms with E-state index in [1.807, 2.05) is 0 Å². The van der Waals surface area contributed by atoms with Crippen molar-refractivity contribution in [3.05, 3.63) is 41.0 Å². The van der Waals surface area contributed by atoms with Crippen molar-refractivity contribution in [2.24, 2.45) is 11.8 Å². The zero-order valence-electron chi connectivity index (χ0n) is 27.3. The highest BCUT2D eigenvalue weighted by Crippen LogP contribution is 2.57. The molecule has 0 saturated carbocycles. The largest absolute Gasteiger partial charge is 0.514 e. The molecule has 11 atom stereocenters. The van der Waals surface area contributed by atoms with Crippen LogP contribution in [-0.4, -0.2) is 123 Å². The lowest BCUT2D eigenvalue weighted by molar-refractivity contribution is -0.364. The van der Waals surface area contributed by atoms with Gasteiger partial charge >= 0.3 is 12.1 Å². The lowest BCUT2D eigenvalue weighted by Gasteiger charge is -2.47. The Balaban J connectivity index is 1.26. The fraction of sp³-hybridized carbons (Fsp3) is 0.576. The first-order chi connectivity index (χ1) is 24.1. The zero-order chi connectivity index (χ0) is 35.3. The van der Waals surface area contributed by atoms with Crippen LogP contribution in [0.15, 0.2) is 24.3 Å². The lowest BCUT2D eigenvalue weighted by Crippen LogP contribution is -2.63. The number of carbonyl (C=O) groups excluding carboxylic acids is 2. The number of methoxy groups -OCH3 is 2. The Morgan fingerprint density at radius 3 is 2.34 bits per heavy atom. The topological polar surface area (TPSA) is 217 Å². The number of hydrogen-bond donors (Lipinski definition) is 4. The number of esters is 1. The summed E-state index contributed by atoms with van der Waals surface area (Å²) >= 11 is 0. The minimum atomic E-state index is -1.49. The highest BCUT2D eigenvalue weighted by atomic mass is 16.8. The predicted octanol–water partition coefficient (Wildman–Crippen LogP) is 0.502. The van der Waals surface area contributed by atoms with Gasteiger partial charge in [0.2, 0.25) is 12.5 Å². The van der Waals surface area contributed by atoms with E-state index in [1.165, 1.54) is 14.2 Å². The van der Waals surface area contributed by atoms with E-state index in [1.54, 1.807) is 31.2 Å². The van der Waals surface area contributed by atoms with Crippen molar-refractivity contribution in [2.45, 2.75) is 62.0 Å². The molecule has 0 spiro atoms. The van der Waals surface area contributed by atoms with Crippen LogP contribution < -0.4 is 23.7 Å². The van der Waals surface area contributed by atoms with E-state index in [2.05, 4.69) is 0 Å².